The predicted octanol–water partition coefficient (Wildman–Crippen LogP) is 1.29. The third-order valence-electron chi connectivity index (χ3n) is 5.85. The molecule has 0 fully saturated rings. The Morgan fingerprint density at radius 3 is 1.62 bits per heavy atom. The standard InChI is InChI=1S/C21H25.C5H5.2ClH.Hf/c1-20(2,3)16-7-9-18-14(12-16)11-15-13-17(21(4,5)6)8-10-19(15)18;1-2-4-5-3-1;;;/h7-13H,1-6H3;1-3H,4H2;2*1H;/q;;;;+2/p-2. The van der Waals surface area contributed by atoms with Crippen LogP contribution in [0.25, 0.3) is 11.1 Å². The Kier molecular flexibility index (Phi) is 7.52. The average molecular weight is 592 g/mol. The van der Waals surface area contributed by atoms with Crippen LogP contribution in [0.15, 0.2) is 58.0 Å². The maximum absolute atomic E-state index is 2.53. The number of hydrogen-bond donors (Lipinski definition) is 0. The third-order valence-corrected chi connectivity index (χ3v) is 11.8. The van der Waals surface area contributed by atoms with Gasteiger partial charge in [-0.1, -0.05) is 0 Å². The van der Waals surface area contributed by atoms with E-state index in [2.05, 4.69) is 96.2 Å². The van der Waals surface area contributed by atoms with Gasteiger partial charge in [-0.3, -0.25) is 0 Å². The summed E-state index contributed by atoms with van der Waals surface area (Å²) in [7, 11) is 0. The second-order valence-corrected chi connectivity index (χ2v) is 15.4. The second kappa shape index (κ2) is 8.85. The molecule has 2 aromatic rings. The minimum atomic E-state index is -0.977. The van der Waals surface area contributed by atoms with Crippen molar-refractivity contribution in [2.24, 2.45) is 0 Å². The van der Waals surface area contributed by atoms with E-state index in [9.17, 15) is 0 Å². The molecule has 2 aliphatic carbocycles. The van der Waals surface area contributed by atoms with Crippen molar-refractivity contribution in [3.63, 3.8) is 0 Å². The van der Waals surface area contributed by atoms with Gasteiger partial charge in [0.25, 0.3) is 0 Å². The minimum Gasteiger partial charge on any atom is -1.00 e. The van der Waals surface area contributed by atoms with Crippen molar-refractivity contribution in [2.75, 3.05) is 0 Å². The SMILES string of the molecule is CC(C)(C)c1ccc2c(c1)[CH]([Hf+2][C]1=CC=CC1)c1cc(C(C)(C)C)ccc1-2.[Cl-].[Cl-]. The van der Waals surface area contributed by atoms with Gasteiger partial charge >= 0.3 is 177 Å². The quantitative estimate of drug-likeness (QED) is 0.462. The van der Waals surface area contributed by atoms with Crippen molar-refractivity contribution in [2.45, 2.75) is 62.5 Å². The van der Waals surface area contributed by atoms with Gasteiger partial charge in [-0.2, -0.15) is 0 Å². The predicted molar refractivity (Wildman–Crippen MR) is 113 cm³/mol. The Balaban J connectivity index is 0.00000150. The van der Waals surface area contributed by atoms with E-state index in [1.807, 2.05) is 0 Å². The molecule has 2 aliphatic rings. The van der Waals surface area contributed by atoms with Gasteiger partial charge in [0.15, 0.2) is 0 Å². The van der Waals surface area contributed by atoms with Crippen LogP contribution in [0.3, 0.4) is 0 Å². The molecule has 0 nitrogen and oxygen atoms in total. The molecule has 0 saturated heterocycles. The van der Waals surface area contributed by atoms with E-state index >= 15 is 0 Å². The average Bonchev–Trinajstić information content (AvgIpc) is 3.20. The van der Waals surface area contributed by atoms with Crippen LogP contribution in [-0.4, -0.2) is 0 Å². The molecule has 3 heteroatoms. The molecule has 0 heterocycles. The summed E-state index contributed by atoms with van der Waals surface area (Å²) in [5, 5.41) is 0. The normalized spacial score (nSPS) is 15.0. The van der Waals surface area contributed by atoms with Gasteiger partial charge in [-0.05, 0) is 0 Å². The van der Waals surface area contributed by atoms with Gasteiger partial charge in [0.05, 0.1) is 0 Å². The third kappa shape index (κ3) is 4.83. The Hall–Kier alpha value is -0.630. The molecular formula is C26H30Cl2Hf. The van der Waals surface area contributed by atoms with E-state index in [1.165, 1.54) is 28.7 Å². The molecule has 2 aromatic carbocycles. The number of fused-ring (bicyclic) bond motifs is 3. The van der Waals surface area contributed by atoms with Crippen LogP contribution >= 0.6 is 0 Å². The maximum Gasteiger partial charge on any atom is -1.00 e. The fourth-order valence-corrected chi connectivity index (χ4v) is 9.79. The summed E-state index contributed by atoms with van der Waals surface area (Å²) in [6.07, 6.45) is 8.19. The van der Waals surface area contributed by atoms with Gasteiger partial charge in [-0.25, -0.2) is 0 Å². The van der Waals surface area contributed by atoms with Gasteiger partial charge in [0, 0.05) is 0 Å². The van der Waals surface area contributed by atoms with Crippen LogP contribution in [0.2, 0.25) is 0 Å². The summed E-state index contributed by atoms with van der Waals surface area (Å²) in [5.41, 5.74) is 9.54. The van der Waals surface area contributed by atoms with Crippen molar-refractivity contribution in [3.8, 4) is 11.1 Å². The van der Waals surface area contributed by atoms with Crippen LogP contribution in [0.5, 0.6) is 0 Å². The van der Waals surface area contributed by atoms with Crippen LogP contribution in [0, 0.1) is 0 Å². The molecule has 0 unspecified atom stereocenters. The van der Waals surface area contributed by atoms with Gasteiger partial charge in [0.1, 0.15) is 0 Å². The van der Waals surface area contributed by atoms with E-state index in [4.69, 9.17) is 0 Å². The van der Waals surface area contributed by atoms with Crippen LogP contribution < -0.4 is 24.8 Å². The molecule has 0 atom stereocenters. The minimum absolute atomic E-state index is 0. The Bertz CT molecular complexity index is 892. The van der Waals surface area contributed by atoms with Crippen molar-refractivity contribution in [1.29, 1.82) is 0 Å². The van der Waals surface area contributed by atoms with Crippen LogP contribution in [0.4, 0.5) is 0 Å². The summed E-state index contributed by atoms with van der Waals surface area (Å²) in [5.74, 6) is 0. The van der Waals surface area contributed by atoms with Gasteiger partial charge in [-0.15, -0.1) is 0 Å². The largest absolute Gasteiger partial charge is 1.00 e. The number of benzene rings is 2. The van der Waals surface area contributed by atoms with Crippen molar-refractivity contribution < 1.29 is 47.7 Å². The molecule has 0 spiro atoms. The first-order chi connectivity index (χ1) is 12.6. The van der Waals surface area contributed by atoms with Crippen LogP contribution in [0.1, 0.15) is 73.9 Å². The molecule has 0 aliphatic heterocycles. The number of rotatable bonds is 2. The van der Waals surface area contributed by atoms with E-state index in [0.29, 0.717) is 3.67 Å². The van der Waals surface area contributed by atoms with Crippen molar-refractivity contribution >= 4 is 0 Å². The van der Waals surface area contributed by atoms with E-state index in [1.54, 1.807) is 14.5 Å². The molecule has 0 amide bonds. The van der Waals surface area contributed by atoms with Crippen molar-refractivity contribution in [1.82, 2.24) is 0 Å². The Morgan fingerprint density at radius 2 is 1.24 bits per heavy atom. The maximum atomic E-state index is 2.53. The second-order valence-electron chi connectivity index (χ2n) is 10.0. The zero-order valence-corrected chi connectivity index (χ0v) is 23.3. The Labute approximate surface area is 200 Å². The van der Waals surface area contributed by atoms with Crippen molar-refractivity contribution in [3.05, 3.63) is 80.2 Å². The number of hydrogen-bond acceptors (Lipinski definition) is 0. The first kappa shape index (κ1) is 24.6. The van der Waals surface area contributed by atoms with E-state index in [-0.39, 0.29) is 35.6 Å². The van der Waals surface area contributed by atoms with E-state index in [0.717, 1.165) is 0 Å². The summed E-state index contributed by atoms with van der Waals surface area (Å²) in [6.45, 7) is 14.0. The summed E-state index contributed by atoms with van der Waals surface area (Å²) < 4.78 is 2.42. The molecule has 0 saturated carbocycles. The van der Waals surface area contributed by atoms with Gasteiger partial charge in [0.2, 0.25) is 0 Å². The fourth-order valence-electron chi connectivity index (χ4n) is 4.09. The molecular weight excluding hydrogens is 562 g/mol. The number of allylic oxidation sites excluding steroid dienone is 4. The number of halogens is 2. The smallest absolute Gasteiger partial charge is 1.00 e. The summed E-state index contributed by atoms with van der Waals surface area (Å²) >= 11 is -0.977. The zero-order valence-electron chi connectivity index (χ0n) is 18.2. The first-order valence-electron chi connectivity index (χ1n) is 10.1. The Morgan fingerprint density at radius 1 is 0.759 bits per heavy atom. The molecule has 0 radical (unpaired) electrons. The molecule has 152 valence electrons. The van der Waals surface area contributed by atoms with E-state index < -0.39 is 22.9 Å². The molecule has 29 heavy (non-hydrogen) atoms. The van der Waals surface area contributed by atoms with Crippen LogP contribution in [-0.2, 0) is 33.7 Å². The molecule has 0 N–H and O–H groups in total. The van der Waals surface area contributed by atoms with Gasteiger partial charge < -0.3 is 24.8 Å². The summed E-state index contributed by atoms with van der Waals surface area (Å²) in [4.78, 5) is 0. The monoisotopic (exact) mass is 592 g/mol. The molecule has 0 aromatic heterocycles. The first-order valence-corrected chi connectivity index (χ1v) is 13.9. The summed E-state index contributed by atoms with van der Waals surface area (Å²) in [6, 6.07) is 14.6. The zero-order chi connectivity index (χ0) is 19.4. The topological polar surface area (TPSA) is 0 Å². The molecule has 4 rings (SSSR count). The molecule has 0 bridgehead atoms. The fraction of sp³-hybridized carbons (Fsp3) is 0.385.